The van der Waals surface area contributed by atoms with Crippen LogP contribution in [0.15, 0.2) is 18.2 Å². The molecule has 0 bridgehead atoms. The standard InChI is InChI=1S/C11H16N2O5S2/c1-19(14,15)12-9-4-3-5-10(13-20(2,16)17)11(9)18-8-6-7-8/h3-5,8,12-13H,6-7H2,1-2H3. The lowest BCUT2D eigenvalue weighted by Gasteiger charge is -2.16. The zero-order valence-electron chi connectivity index (χ0n) is 11.1. The van der Waals surface area contributed by atoms with E-state index in [-0.39, 0.29) is 23.2 Å². The molecule has 0 aliphatic heterocycles. The molecule has 1 aromatic carbocycles. The van der Waals surface area contributed by atoms with Crippen LogP contribution >= 0.6 is 0 Å². The number of sulfonamides is 2. The minimum Gasteiger partial charge on any atom is -0.486 e. The molecule has 20 heavy (non-hydrogen) atoms. The Labute approximate surface area is 118 Å². The van der Waals surface area contributed by atoms with Crippen LogP contribution in [-0.2, 0) is 20.0 Å². The van der Waals surface area contributed by atoms with Crippen LogP contribution < -0.4 is 14.2 Å². The first-order valence-electron chi connectivity index (χ1n) is 5.89. The Balaban J connectivity index is 2.42. The molecule has 0 amide bonds. The van der Waals surface area contributed by atoms with Gasteiger partial charge in [-0.05, 0) is 25.0 Å². The summed E-state index contributed by atoms with van der Waals surface area (Å²) in [5, 5.41) is 0. The maximum absolute atomic E-state index is 11.3. The third-order valence-corrected chi connectivity index (χ3v) is 3.60. The quantitative estimate of drug-likeness (QED) is 0.813. The topological polar surface area (TPSA) is 102 Å². The lowest BCUT2D eigenvalue weighted by Crippen LogP contribution is -2.15. The van der Waals surface area contributed by atoms with Gasteiger partial charge in [0.15, 0.2) is 5.75 Å². The van der Waals surface area contributed by atoms with Crippen molar-refractivity contribution in [3.63, 3.8) is 0 Å². The molecule has 0 heterocycles. The molecular weight excluding hydrogens is 304 g/mol. The molecular formula is C11H16N2O5S2. The highest BCUT2D eigenvalue weighted by Crippen LogP contribution is 2.38. The summed E-state index contributed by atoms with van der Waals surface area (Å²) in [5.41, 5.74) is 0.432. The van der Waals surface area contributed by atoms with Gasteiger partial charge in [0.05, 0.1) is 30.0 Å². The zero-order chi connectivity index (χ0) is 15.0. The third kappa shape index (κ3) is 4.57. The molecule has 0 atom stereocenters. The van der Waals surface area contributed by atoms with Crippen LogP contribution in [0, 0.1) is 0 Å². The molecule has 0 radical (unpaired) electrons. The van der Waals surface area contributed by atoms with Gasteiger partial charge in [0.2, 0.25) is 20.0 Å². The molecule has 2 rings (SSSR count). The van der Waals surface area contributed by atoms with E-state index in [1.807, 2.05) is 0 Å². The number of ether oxygens (including phenoxy) is 1. The van der Waals surface area contributed by atoms with E-state index in [2.05, 4.69) is 9.44 Å². The van der Waals surface area contributed by atoms with Gasteiger partial charge < -0.3 is 4.74 Å². The summed E-state index contributed by atoms with van der Waals surface area (Å²) in [6, 6.07) is 4.58. The SMILES string of the molecule is CS(=O)(=O)Nc1cccc(NS(C)(=O)=O)c1OC1CC1. The van der Waals surface area contributed by atoms with Gasteiger partial charge in [-0.25, -0.2) is 16.8 Å². The maximum Gasteiger partial charge on any atom is 0.229 e. The van der Waals surface area contributed by atoms with Gasteiger partial charge in [-0.15, -0.1) is 0 Å². The largest absolute Gasteiger partial charge is 0.486 e. The first kappa shape index (κ1) is 14.9. The van der Waals surface area contributed by atoms with Crippen molar-refractivity contribution >= 4 is 31.4 Å². The van der Waals surface area contributed by atoms with E-state index in [0.717, 1.165) is 25.4 Å². The van der Waals surface area contributed by atoms with Crippen LogP contribution in [0.3, 0.4) is 0 Å². The first-order valence-corrected chi connectivity index (χ1v) is 9.67. The van der Waals surface area contributed by atoms with Gasteiger partial charge in [0, 0.05) is 0 Å². The van der Waals surface area contributed by atoms with E-state index in [1.54, 1.807) is 6.07 Å². The molecule has 0 saturated heterocycles. The molecule has 1 fully saturated rings. The van der Waals surface area contributed by atoms with Crippen LogP contribution in [0.2, 0.25) is 0 Å². The van der Waals surface area contributed by atoms with E-state index in [9.17, 15) is 16.8 Å². The zero-order valence-corrected chi connectivity index (χ0v) is 12.7. The Morgan fingerprint density at radius 3 is 1.80 bits per heavy atom. The molecule has 2 N–H and O–H groups in total. The highest BCUT2D eigenvalue weighted by atomic mass is 32.2. The number of rotatable bonds is 6. The molecule has 0 spiro atoms. The van der Waals surface area contributed by atoms with E-state index < -0.39 is 20.0 Å². The highest BCUT2D eigenvalue weighted by molar-refractivity contribution is 7.92. The van der Waals surface area contributed by atoms with Crippen LogP contribution in [0.5, 0.6) is 5.75 Å². The van der Waals surface area contributed by atoms with Crippen molar-refractivity contribution < 1.29 is 21.6 Å². The molecule has 1 aliphatic rings. The summed E-state index contributed by atoms with van der Waals surface area (Å²) in [6.07, 6.45) is 3.77. The van der Waals surface area contributed by atoms with Crippen molar-refractivity contribution in [2.24, 2.45) is 0 Å². The number of para-hydroxylation sites is 1. The molecule has 112 valence electrons. The monoisotopic (exact) mass is 320 g/mol. The van der Waals surface area contributed by atoms with Crippen LogP contribution in [0.1, 0.15) is 12.8 Å². The second-order valence-electron chi connectivity index (χ2n) is 4.75. The average molecular weight is 320 g/mol. The fraction of sp³-hybridized carbons (Fsp3) is 0.455. The van der Waals surface area contributed by atoms with E-state index in [4.69, 9.17) is 4.74 Å². The van der Waals surface area contributed by atoms with Gasteiger partial charge in [-0.1, -0.05) is 6.07 Å². The maximum atomic E-state index is 11.3. The molecule has 1 aromatic rings. The minimum absolute atomic E-state index is 0.00220. The van der Waals surface area contributed by atoms with Gasteiger partial charge >= 0.3 is 0 Å². The van der Waals surface area contributed by atoms with Gasteiger partial charge in [0.1, 0.15) is 0 Å². The number of hydrogen-bond donors (Lipinski definition) is 2. The second kappa shape index (κ2) is 5.13. The molecule has 7 nitrogen and oxygen atoms in total. The van der Waals surface area contributed by atoms with Crippen LogP contribution in [0.25, 0.3) is 0 Å². The minimum atomic E-state index is -3.48. The predicted molar refractivity (Wildman–Crippen MR) is 77.0 cm³/mol. The van der Waals surface area contributed by atoms with Gasteiger partial charge in [0.25, 0.3) is 0 Å². The molecule has 9 heteroatoms. The van der Waals surface area contributed by atoms with E-state index in [1.165, 1.54) is 12.1 Å². The Bertz CT molecular complexity index is 656. The number of benzene rings is 1. The normalized spacial score (nSPS) is 15.7. The van der Waals surface area contributed by atoms with Crippen molar-refractivity contribution in [2.45, 2.75) is 18.9 Å². The number of anilines is 2. The van der Waals surface area contributed by atoms with Crippen LogP contribution in [0.4, 0.5) is 11.4 Å². The van der Waals surface area contributed by atoms with E-state index in [0.29, 0.717) is 0 Å². The summed E-state index contributed by atoms with van der Waals surface area (Å²) in [6.45, 7) is 0. The molecule has 1 aliphatic carbocycles. The van der Waals surface area contributed by atoms with Crippen molar-refractivity contribution in [1.29, 1.82) is 0 Å². The number of nitrogens with one attached hydrogen (secondary N) is 2. The molecule has 0 unspecified atom stereocenters. The summed E-state index contributed by atoms with van der Waals surface area (Å²) in [7, 11) is -6.97. The lowest BCUT2D eigenvalue weighted by molar-refractivity contribution is 0.306. The van der Waals surface area contributed by atoms with Gasteiger partial charge in [-0.2, -0.15) is 0 Å². The summed E-state index contributed by atoms with van der Waals surface area (Å²) in [5.74, 6) is 0.200. The smallest absolute Gasteiger partial charge is 0.229 e. The molecule has 0 aromatic heterocycles. The Morgan fingerprint density at radius 2 is 1.45 bits per heavy atom. The van der Waals surface area contributed by atoms with Crippen LogP contribution in [-0.4, -0.2) is 35.5 Å². The van der Waals surface area contributed by atoms with Crippen molar-refractivity contribution in [2.75, 3.05) is 22.0 Å². The second-order valence-corrected chi connectivity index (χ2v) is 8.24. The molecule has 1 saturated carbocycles. The fourth-order valence-electron chi connectivity index (χ4n) is 1.58. The first-order chi connectivity index (χ1) is 9.14. The lowest BCUT2D eigenvalue weighted by atomic mass is 10.2. The fourth-order valence-corrected chi connectivity index (χ4v) is 2.70. The summed E-state index contributed by atoms with van der Waals surface area (Å²) in [4.78, 5) is 0. The van der Waals surface area contributed by atoms with Crippen molar-refractivity contribution in [1.82, 2.24) is 0 Å². The van der Waals surface area contributed by atoms with Crippen molar-refractivity contribution in [3.8, 4) is 5.75 Å². The van der Waals surface area contributed by atoms with Crippen molar-refractivity contribution in [3.05, 3.63) is 18.2 Å². The Hall–Kier alpha value is -1.48. The number of hydrogen-bond acceptors (Lipinski definition) is 5. The predicted octanol–water partition coefficient (Wildman–Crippen LogP) is 0.971. The average Bonchev–Trinajstić information content (AvgIpc) is 3.02. The third-order valence-electron chi connectivity index (χ3n) is 2.41. The summed E-state index contributed by atoms with van der Waals surface area (Å²) >= 11 is 0. The highest BCUT2D eigenvalue weighted by Gasteiger charge is 2.27. The Kier molecular flexibility index (Phi) is 3.83. The van der Waals surface area contributed by atoms with Gasteiger partial charge in [-0.3, -0.25) is 9.44 Å². The Morgan fingerprint density at radius 1 is 1.00 bits per heavy atom. The summed E-state index contributed by atoms with van der Waals surface area (Å²) < 4.78 is 55.7. The van der Waals surface area contributed by atoms with E-state index >= 15 is 0 Å².